The van der Waals surface area contributed by atoms with Crippen LogP contribution in [0.25, 0.3) is 0 Å². The second-order valence-electron chi connectivity index (χ2n) is 5.37. The number of nitrogens with zero attached hydrogens (tertiary/aromatic N) is 1. The van der Waals surface area contributed by atoms with Crippen LogP contribution in [-0.4, -0.2) is 62.9 Å². The molecule has 0 unspecified atom stereocenters. The summed E-state index contributed by atoms with van der Waals surface area (Å²) in [6.45, 7) is -0.390. The van der Waals surface area contributed by atoms with Gasteiger partial charge in [-0.1, -0.05) is 0 Å². The molecule has 1 aromatic carbocycles. The smallest absolute Gasteiger partial charge is 0.341 e. The lowest BCUT2D eigenvalue weighted by atomic mass is 10.2. The highest BCUT2D eigenvalue weighted by Gasteiger charge is 2.35. The van der Waals surface area contributed by atoms with E-state index in [1.807, 2.05) is 0 Å². The van der Waals surface area contributed by atoms with Crippen LogP contribution in [0.2, 0.25) is 0 Å². The third kappa shape index (κ3) is 4.28. The van der Waals surface area contributed by atoms with Gasteiger partial charge in [0.15, 0.2) is 0 Å². The number of methoxy groups -OCH3 is 1. The number of nitrogens with one attached hydrogen (secondary N) is 1. The highest BCUT2D eigenvalue weighted by molar-refractivity contribution is 9.10. The van der Waals surface area contributed by atoms with Gasteiger partial charge >= 0.3 is 11.7 Å². The van der Waals surface area contributed by atoms with Gasteiger partial charge in [0.2, 0.25) is 9.84 Å². The van der Waals surface area contributed by atoms with Crippen molar-refractivity contribution in [2.24, 2.45) is 0 Å². The van der Waals surface area contributed by atoms with E-state index in [1.165, 1.54) is 11.0 Å². The Morgan fingerprint density at radius 3 is 2.63 bits per heavy atom. The summed E-state index contributed by atoms with van der Waals surface area (Å²) >= 11 is 3.06. The van der Waals surface area contributed by atoms with Crippen molar-refractivity contribution < 1.29 is 36.6 Å². The first-order valence-electron chi connectivity index (χ1n) is 7.43. The van der Waals surface area contributed by atoms with Crippen LogP contribution in [0.15, 0.2) is 38.8 Å². The third-order valence-corrected chi connectivity index (χ3v) is 5.75. The first-order chi connectivity index (χ1) is 12.6. The second kappa shape index (κ2) is 8.31. The van der Waals surface area contributed by atoms with Gasteiger partial charge in [-0.3, -0.25) is 4.79 Å². The number of benzene rings is 1. The van der Waals surface area contributed by atoms with E-state index in [1.54, 1.807) is 0 Å². The zero-order valence-electron chi connectivity index (χ0n) is 13.9. The number of aliphatic hydroxyl groups excluding tert-OH is 1. The first kappa shape index (κ1) is 21.3. The molecule has 0 saturated heterocycles. The third-order valence-electron chi connectivity index (χ3n) is 3.72. The first-order valence-corrected chi connectivity index (χ1v) is 9.77. The van der Waals surface area contributed by atoms with Gasteiger partial charge in [-0.25, -0.2) is 13.2 Å². The number of carbonyl (C=O) groups excluding carboxylic acids is 2. The Balaban J connectivity index is 2.39. The van der Waals surface area contributed by atoms with Crippen molar-refractivity contribution in [3.05, 3.63) is 33.9 Å². The molecule has 0 fully saturated rings. The standard InChI is InChI=1S/C15H15BrF2N2O6S/c1-26-14(23)9-7-20(4-5-21)13(22)12(9)19-11-3-2-8(6-10(11)16)27(24,25)15(17)18/h2-3,6,15,19,21H,4-5,7H2,1H3. The SMILES string of the molecule is COC(=O)C1=C(Nc2ccc(S(=O)(=O)C(F)F)cc2Br)C(=O)N(CCO)C1. The number of hydrogen-bond acceptors (Lipinski definition) is 7. The van der Waals surface area contributed by atoms with Gasteiger partial charge < -0.3 is 20.1 Å². The fraction of sp³-hybridized carbons (Fsp3) is 0.333. The zero-order valence-corrected chi connectivity index (χ0v) is 16.3. The molecule has 2 rings (SSSR count). The molecule has 1 aliphatic rings. The van der Waals surface area contributed by atoms with Crippen LogP contribution in [0.4, 0.5) is 14.5 Å². The molecule has 0 saturated carbocycles. The van der Waals surface area contributed by atoms with Crippen molar-refractivity contribution >= 4 is 43.3 Å². The summed E-state index contributed by atoms with van der Waals surface area (Å²) in [6, 6.07) is 3.11. The number of esters is 1. The number of sulfone groups is 1. The van der Waals surface area contributed by atoms with Gasteiger partial charge in [-0.05, 0) is 34.1 Å². The average Bonchev–Trinajstić information content (AvgIpc) is 2.92. The molecule has 0 bridgehead atoms. The summed E-state index contributed by atoms with van der Waals surface area (Å²) in [5.41, 5.74) is 0.0893. The van der Waals surface area contributed by atoms with E-state index in [4.69, 9.17) is 5.11 Å². The van der Waals surface area contributed by atoms with Crippen LogP contribution in [0.3, 0.4) is 0 Å². The molecule has 12 heteroatoms. The largest absolute Gasteiger partial charge is 0.466 e. The van der Waals surface area contributed by atoms with Gasteiger partial charge in [0, 0.05) is 11.0 Å². The molecule has 0 aliphatic carbocycles. The minimum absolute atomic E-state index is 0.00273. The van der Waals surface area contributed by atoms with E-state index in [-0.39, 0.29) is 41.1 Å². The van der Waals surface area contributed by atoms with E-state index in [0.717, 1.165) is 19.2 Å². The van der Waals surface area contributed by atoms with Crippen molar-refractivity contribution in [1.82, 2.24) is 4.90 Å². The van der Waals surface area contributed by atoms with Gasteiger partial charge in [0.05, 0.1) is 36.4 Å². The predicted molar refractivity (Wildman–Crippen MR) is 93.7 cm³/mol. The summed E-state index contributed by atoms with van der Waals surface area (Å²) in [6.07, 6.45) is 0. The summed E-state index contributed by atoms with van der Waals surface area (Å²) in [5.74, 6) is -4.89. The summed E-state index contributed by atoms with van der Waals surface area (Å²) in [4.78, 5) is 25.0. The highest BCUT2D eigenvalue weighted by Crippen LogP contribution is 2.31. The number of rotatable bonds is 7. The van der Waals surface area contributed by atoms with Crippen molar-refractivity contribution in [3.8, 4) is 0 Å². The maximum absolute atomic E-state index is 12.7. The van der Waals surface area contributed by atoms with E-state index in [0.29, 0.717) is 0 Å². The normalized spacial score (nSPS) is 14.9. The fourth-order valence-corrected chi connectivity index (χ4v) is 3.74. The van der Waals surface area contributed by atoms with Crippen molar-refractivity contribution in [3.63, 3.8) is 0 Å². The van der Waals surface area contributed by atoms with Gasteiger partial charge in [-0.2, -0.15) is 8.78 Å². The Labute approximate surface area is 161 Å². The van der Waals surface area contributed by atoms with Crippen molar-refractivity contribution in [2.45, 2.75) is 10.7 Å². The molecular weight excluding hydrogens is 454 g/mol. The molecule has 0 spiro atoms. The van der Waals surface area contributed by atoms with Crippen molar-refractivity contribution in [2.75, 3.05) is 32.1 Å². The Kier molecular flexibility index (Phi) is 6.54. The minimum atomic E-state index is -4.78. The summed E-state index contributed by atoms with van der Waals surface area (Å²) < 4.78 is 53.1. The number of hydrogen-bond donors (Lipinski definition) is 2. The molecular formula is C15H15BrF2N2O6S. The second-order valence-corrected chi connectivity index (χ2v) is 8.14. The Bertz CT molecular complexity index is 904. The number of amides is 1. The fourth-order valence-electron chi connectivity index (χ4n) is 2.36. The number of aliphatic hydroxyl groups is 1. The molecule has 1 aromatic rings. The van der Waals surface area contributed by atoms with Crippen LogP contribution in [0, 0.1) is 0 Å². The van der Waals surface area contributed by atoms with Crippen molar-refractivity contribution in [1.29, 1.82) is 0 Å². The molecule has 27 heavy (non-hydrogen) atoms. The lowest BCUT2D eigenvalue weighted by molar-refractivity contribution is -0.136. The summed E-state index contributed by atoms with van der Waals surface area (Å²) in [7, 11) is -3.63. The van der Waals surface area contributed by atoms with Gasteiger partial charge in [0.1, 0.15) is 5.70 Å². The highest BCUT2D eigenvalue weighted by atomic mass is 79.9. The van der Waals surface area contributed by atoms with E-state index < -0.39 is 32.4 Å². The van der Waals surface area contributed by atoms with Crippen LogP contribution in [0.5, 0.6) is 0 Å². The molecule has 148 valence electrons. The number of carbonyl (C=O) groups is 2. The zero-order chi connectivity index (χ0) is 20.4. The molecule has 1 aliphatic heterocycles. The van der Waals surface area contributed by atoms with Crippen LogP contribution in [0.1, 0.15) is 0 Å². The average molecular weight is 469 g/mol. The van der Waals surface area contributed by atoms with E-state index >= 15 is 0 Å². The molecule has 8 nitrogen and oxygen atoms in total. The van der Waals surface area contributed by atoms with Crippen LogP contribution < -0.4 is 5.32 Å². The molecule has 0 aromatic heterocycles. The lowest BCUT2D eigenvalue weighted by Crippen LogP contribution is -2.31. The van der Waals surface area contributed by atoms with E-state index in [2.05, 4.69) is 26.0 Å². The number of halogens is 3. The minimum Gasteiger partial charge on any atom is -0.466 e. The quantitative estimate of drug-likeness (QED) is 0.576. The van der Waals surface area contributed by atoms with Gasteiger partial charge in [0.25, 0.3) is 5.91 Å². The molecule has 1 amide bonds. The molecule has 0 atom stereocenters. The Hall–Kier alpha value is -2.05. The predicted octanol–water partition coefficient (Wildman–Crippen LogP) is 1.12. The number of alkyl halides is 2. The number of anilines is 1. The monoisotopic (exact) mass is 468 g/mol. The van der Waals surface area contributed by atoms with Crippen LogP contribution in [-0.2, 0) is 24.2 Å². The van der Waals surface area contributed by atoms with Gasteiger partial charge in [-0.15, -0.1) is 0 Å². The number of ether oxygens (including phenoxy) is 1. The number of β-amino-alcohol motifs (C(OH)–C–C–N with tert-alkyl or cyclic N) is 1. The molecule has 0 radical (unpaired) electrons. The Morgan fingerprint density at radius 2 is 2.11 bits per heavy atom. The maximum atomic E-state index is 12.7. The topological polar surface area (TPSA) is 113 Å². The molecule has 1 heterocycles. The Morgan fingerprint density at radius 1 is 1.44 bits per heavy atom. The van der Waals surface area contributed by atoms with E-state index in [9.17, 15) is 26.8 Å². The lowest BCUT2D eigenvalue weighted by Gasteiger charge is -2.15. The van der Waals surface area contributed by atoms with Crippen LogP contribution >= 0.6 is 15.9 Å². The molecule has 2 N–H and O–H groups in total. The maximum Gasteiger partial charge on any atom is 0.341 e. The summed E-state index contributed by atoms with van der Waals surface area (Å²) in [5, 5.41) is 11.7.